The molecule has 0 spiro atoms. The SMILES string of the molecule is Cc1cc(C)c(-n2cc(C)c(N)n2)c(C)c1. The van der Waals surface area contributed by atoms with E-state index in [0.717, 1.165) is 11.3 Å². The van der Waals surface area contributed by atoms with Gasteiger partial charge in [0.15, 0.2) is 0 Å². The van der Waals surface area contributed by atoms with Crippen LogP contribution in [0.2, 0.25) is 0 Å². The van der Waals surface area contributed by atoms with Gasteiger partial charge in [-0.15, -0.1) is 0 Å². The molecule has 0 saturated heterocycles. The van der Waals surface area contributed by atoms with Gasteiger partial charge in [-0.1, -0.05) is 17.7 Å². The summed E-state index contributed by atoms with van der Waals surface area (Å²) < 4.78 is 1.87. The molecular weight excluding hydrogens is 198 g/mol. The van der Waals surface area contributed by atoms with E-state index in [1.807, 2.05) is 17.8 Å². The number of nitrogens with two attached hydrogens (primary N) is 1. The molecule has 2 N–H and O–H groups in total. The van der Waals surface area contributed by atoms with Crippen molar-refractivity contribution in [1.82, 2.24) is 9.78 Å². The van der Waals surface area contributed by atoms with Gasteiger partial charge < -0.3 is 5.73 Å². The van der Waals surface area contributed by atoms with Crippen molar-refractivity contribution in [2.24, 2.45) is 0 Å². The molecule has 0 unspecified atom stereocenters. The Balaban J connectivity index is 2.64. The smallest absolute Gasteiger partial charge is 0.148 e. The summed E-state index contributed by atoms with van der Waals surface area (Å²) in [6.07, 6.45) is 1.97. The fraction of sp³-hybridized carbons (Fsp3) is 0.308. The van der Waals surface area contributed by atoms with E-state index < -0.39 is 0 Å². The fourth-order valence-electron chi connectivity index (χ4n) is 2.12. The molecule has 0 radical (unpaired) electrons. The summed E-state index contributed by atoms with van der Waals surface area (Å²) in [6, 6.07) is 4.32. The predicted molar refractivity (Wildman–Crippen MR) is 66.9 cm³/mol. The molecule has 3 heteroatoms. The van der Waals surface area contributed by atoms with Crippen LogP contribution in [0.5, 0.6) is 0 Å². The van der Waals surface area contributed by atoms with E-state index in [4.69, 9.17) is 5.73 Å². The Labute approximate surface area is 95.9 Å². The summed E-state index contributed by atoms with van der Waals surface area (Å²) in [4.78, 5) is 0. The van der Waals surface area contributed by atoms with Crippen molar-refractivity contribution in [3.63, 3.8) is 0 Å². The average Bonchev–Trinajstić information content (AvgIpc) is 2.44. The van der Waals surface area contributed by atoms with Gasteiger partial charge in [0.1, 0.15) is 5.82 Å². The molecule has 2 rings (SSSR count). The van der Waals surface area contributed by atoms with E-state index in [1.54, 1.807) is 0 Å². The van der Waals surface area contributed by atoms with Crippen LogP contribution in [-0.4, -0.2) is 9.78 Å². The first-order chi connectivity index (χ1) is 7.49. The van der Waals surface area contributed by atoms with Gasteiger partial charge in [0.2, 0.25) is 0 Å². The van der Waals surface area contributed by atoms with Crippen molar-refractivity contribution in [3.8, 4) is 5.69 Å². The van der Waals surface area contributed by atoms with Crippen LogP contribution in [0.3, 0.4) is 0 Å². The van der Waals surface area contributed by atoms with E-state index in [-0.39, 0.29) is 0 Å². The van der Waals surface area contributed by atoms with Gasteiger partial charge >= 0.3 is 0 Å². The lowest BCUT2D eigenvalue weighted by Crippen LogP contribution is -2.02. The molecule has 0 aliphatic heterocycles. The summed E-state index contributed by atoms with van der Waals surface area (Å²) in [5.74, 6) is 0.597. The van der Waals surface area contributed by atoms with Crippen LogP contribution in [0.1, 0.15) is 22.3 Å². The van der Waals surface area contributed by atoms with Gasteiger partial charge in [0, 0.05) is 11.8 Å². The van der Waals surface area contributed by atoms with Crippen LogP contribution in [0.4, 0.5) is 5.82 Å². The van der Waals surface area contributed by atoms with Gasteiger partial charge in [-0.25, -0.2) is 4.68 Å². The lowest BCUT2D eigenvalue weighted by atomic mass is 10.1. The second kappa shape index (κ2) is 3.67. The summed E-state index contributed by atoms with van der Waals surface area (Å²) in [5.41, 5.74) is 11.6. The van der Waals surface area contributed by atoms with E-state index in [9.17, 15) is 0 Å². The second-order valence-corrected chi connectivity index (χ2v) is 4.39. The van der Waals surface area contributed by atoms with Gasteiger partial charge in [0.05, 0.1) is 5.69 Å². The lowest BCUT2D eigenvalue weighted by Gasteiger charge is -2.10. The highest BCUT2D eigenvalue weighted by Crippen LogP contribution is 2.22. The van der Waals surface area contributed by atoms with Crippen molar-refractivity contribution in [2.75, 3.05) is 5.73 Å². The largest absolute Gasteiger partial charge is 0.382 e. The first-order valence-corrected chi connectivity index (χ1v) is 5.39. The topological polar surface area (TPSA) is 43.8 Å². The molecule has 0 amide bonds. The number of benzene rings is 1. The van der Waals surface area contributed by atoms with Gasteiger partial charge in [-0.2, -0.15) is 5.10 Å². The van der Waals surface area contributed by atoms with Crippen molar-refractivity contribution in [3.05, 3.63) is 40.6 Å². The third kappa shape index (κ3) is 1.69. The Bertz CT molecular complexity index is 496. The fourth-order valence-corrected chi connectivity index (χ4v) is 2.12. The maximum Gasteiger partial charge on any atom is 0.148 e. The van der Waals surface area contributed by atoms with Gasteiger partial charge in [-0.3, -0.25) is 0 Å². The maximum absolute atomic E-state index is 5.78. The highest BCUT2D eigenvalue weighted by molar-refractivity contribution is 5.50. The first-order valence-electron chi connectivity index (χ1n) is 5.39. The van der Waals surface area contributed by atoms with Crippen molar-refractivity contribution >= 4 is 5.82 Å². The Hall–Kier alpha value is -1.77. The van der Waals surface area contributed by atoms with Crippen LogP contribution in [0.25, 0.3) is 5.69 Å². The molecule has 0 atom stereocenters. The highest BCUT2D eigenvalue weighted by atomic mass is 15.3. The van der Waals surface area contributed by atoms with E-state index in [0.29, 0.717) is 5.82 Å². The predicted octanol–water partition coefficient (Wildman–Crippen LogP) is 2.69. The number of aryl methyl sites for hydroxylation is 4. The van der Waals surface area contributed by atoms with Crippen molar-refractivity contribution < 1.29 is 0 Å². The van der Waals surface area contributed by atoms with E-state index in [1.165, 1.54) is 16.7 Å². The van der Waals surface area contributed by atoms with Crippen molar-refractivity contribution in [2.45, 2.75) is 27.7 Å². The Morgan fingerprint density at radius 3 is 2.00 bits per heavy atom. The summed E-state index contributed by atoms with van der Waals surface area (Å²) in [7, 11) is 0. The quantitative estimate of drug-likeness (QED) is 0.794. The van der Waals surface area contributed by atoms with E-state index in [2.05, 4.69) is 38.0 Å². The second-order valence-electron chi connectivity index (χ2n) is 4.39. The average molecular weight is 215 g/mol. The summed E-state index contributed by atoms with van der Waals surface area (Å²) in [6.45, 7) is 8.27. The molecule has 1 aromatic carbocycles. The standard InChI is InChI=1S/C13H17N3/c1-8-5-9(2)12(10(3)6-8)16-7-11(4)13(14)15-16/h5-7H,1-4H3,(H2,14,15). The minimum atomic E-state index is 0.597. The van der Waals surface area contributed by atoms with Crippen LogP contribution in [0, 0.1) is 27.7 Å². The van der Waals surface area contributed by atoms with Gasteiger partial charge in [-0.05, 0) is 38.8 Å². The zero-order chi connectivity index (χ0) is 11.9. The Morgan fingerprint density at radius 2 is 1.56 bits per heavy atom. The molecule has 0 aliphatic rings. The number of rotatable bonds is 1. The number of nitrogen functional groups attached to an aromatic ring is 1. The minimum absolute atomic E-state index is 0.597. The molecule has 3 nitrogen and oxygen atoms in total. The molecule has 16 heavy (non-hydrogen) atoms. The molecule has 0 fully saturated rings. The molecule has 0 aliphatic carbocycles. The highest BCUT2D eigenvalue weighted by Gasteiger charge is 2.09. The summed E-state index contributed by atoms with van der Waals surface area (Å²) >= 11 is 0. The minimum Gasteiger partial charge on any atom is -0.382 e. The lowest BCUT2D eigenvalue weighted by molar-refractivity contribution is 0.868. The first kappa shape index (κ1) is 10.7. The normalized spacial score (nSPS) is 10.8. The Morgan fingerprint density at radius 1 is 1.00 bits per heavy atom. The van der Waals surface area contributed by atoms with Crippen molar-refractivity contribution in [1.29, 1.82) is 0 Å². The molecular formula is C13H17N3. The number of nitrogens with zero attached hydrogens (tertiary/aromatic N) is 2. The zero-order valence-electron chi connectivity index (χ0n) is 10.2. The van der Waals surface area contributed by atoms with Crippen LogP contribution in [0.15, 0.2) is 18.3 Å². The van der Waals surface area contributed by atoms with Gasteiger partial charge in [0.25, 0.3) is 0 Å². The van der Waals surface area contributed by atoms with Crippen LogP contribution < -0.4 is 5.73 Å². The third-order valence-corrected chi connectivity index (χ3v) is 2.80. The number of anilines is 1. The molecule has 1 heterocycles. The number of aromatic nitrogens is 2. The molecule has 84 valence electrons. The number of hydrogen-bond donors (Lipinski definition) is 1. The maximum atomic E-state index is 5.78. The Kier molecular flexibility index (Phi) is 2.46. The van der Waals surface area contributed by atoms with E-state index >= 15 is 0 Å². The molecule has 2 aromatic rings. The van der Waals surface area contributed by atoms with Crippen LogP contribution in [-0.2, 0) is 0 Å². The molecule has 0 bridgehead atoms. The third-order valence-electron chi connectivity index (χ3n) is 2.80. The molecule has 0 saturated carbocycles. The zero-order valence-corrected chi connectivity index (χ0v) is 10.2. The number of hydrogen-bond acceptors (Lipinski definition) is 2. The monoisotopic (exact) mass is 215 g/mol. The summed E-state index contributed by atoms with van der Waals surface area (Å²) in [5, 5.41) is 4.33. The molecule has 1 aromatic heterocycles. The van der Waals surface area contributed by atoms with Crippen LogP contribution >= 0.6 is 0 Å².